The number of hydrogen-bond donors (Lipinski definition) is 0. The van der Waals surface area contributed by atoms with Crippen LogP contribution in [0.3, 0.4) is 0 Å². The smallest absolute Gasteiger partial charge is 0.274 e. The maximum atomic E-state index is 12.9. The number of hydrogen-bond acceptors (Lipinski definition) is 5. The van der Waals surface area contributed by atoms with Gasteiger partial charge in [-0.15, -0.1) is 0 Å². The van der Waals surface area contributed by atoms with Crippen molar-refractivity contribution in [2.45, 2.75) is 25.0 Å². The minimum absolute atomic E-state index is 0.00372. The van der Waals surface area contributed by atoms with E-state index in [-0.39, 0.29) is 18.1 Å². The summed E-state index contributed by atoms with van der Waals surface area (Å²) in [7, 11) is 1.66. The van der Waals surface area contributed by atoms with Crippen LogP contribution in [0, 0.1) is 0 Å². The molecule has 0 unspecified atom stereocenters. The van der Waals surface area contributed by atoms with E-state index in [0.717, 1.165) is 12.8 Å². The van der Waals surface area contributed by atoms with E-state index in [2.05, 4.69) is 22.1 Å². The Labute approximate surface area is 147 Å². The Morgan fingerprint density at radius 1 is 1.24 bits per heavy atom. The number of methoxy groups -OCH3 is 1. The van der Waals surface area contributed by atoms with Crippen molar-refractivity contribution in [1.82, 2.24) is 14.9 Å². The van der Waals surface area contributed by atoms with Crippen LogP contribution in [0.4, 0.5) is 0 Å². The van der Waals surface area contributed by atoms with Crippen LogP contribution < -0.4 is 0 Å². The molecule has 1 amide bonds. The predicted octanol–water partition coefficient (Wildman–Crippen LogP) is 1.97. The highest BCUT2D eigenvalue weighted by molar-refractivity contribution is 5.92. The number of aromatic nitrogens is 2. The molecule has 1 saturated heterocycles. The second-order valence-corrected chi connectivity index (χ2v) is 6.04. The molecule has 0 N–H and O–H groups in total. The van der Waals surface area contributed by atoms with Gasteiger partial charge >= 0.3 is 0 Å². The van der Waals surface area contributed by atoms with E-state index in [1.165, 1.54) is 11.8 Å². The molecule has 6 heteroatoms. The summed E-state index contributed by atoms with van der Waals surface area (Å²) in [5.41, 5.74) is 1.56. The average Bonchev–Trinajstić information content (AvgIpc) is 3.05. The Balaban J connectivity index is 1.77. The van der Waals surface area contributed by atoms with Crippen LogP contribution in [0.1, 0.15) is 22.5 Å². The molecule has 1 aliphatic heterocycles. The van der Waals surface area contributed by atoms with Gasteiger partial charge in [-0.1, -0.05) is 30.3 Å². The summed E-state index contributed by atoms with van der Waals surface area (Å²) in [6, 6.07) is 10.2. The van der Waals surface area contributed by atoms with Crippen molar-refractivity contribution >= 4 is 5.91 Å². The summed E-state index contributed by atoms with van der Waals surface area (Å²) < 4.78 is 11.1. The fourth-order valence-corrected chi connectivity index (χ4v) is 3.21. The fraction of sp³-hybridized carbons (Fsp3) is 0.421. The number of rotatable bonds is 7. The molecule has 1 aromatic heterocycles. The summed E-state index contributed by atoms with van der Waals surface area (Å²) >= 11 is 0. The number of benzene rings is 1. The lowest BCUT2D eigenvalue weighted by Crippen LogP contribution is -2.42. The second kappa shape index (κ2) is 8.69. The van der Waals surface area contributed by atoms with E-state index in [0.29, 0.717) is 25.5 Å². The van der Waals surface area contributed by atoms with Crippen molar-refractivity contribution in [2.24, 2.45) is 0 Å². The molecular weight excluding hydrogens is 318 g/mol. The molecule has 1 aromatic carbocycles. The van der Waals surface area contributed by atoms with Gasteiger partial charge in [0.05, 0.1) is 31.6 Å². The van der Waals surface area contributed by atoms with Crippen molar-refractivity contribution in [3.05, 3.63) is 60.2 Å². The molecule has 1 fully saturated rings. The molecule has 0 radical (unpaired) electrons. The van der Waals surface area contributed by atoms with Gasteiger partial charge in [-0.05, 0) is 18.4 Å². The molecule has 2 heterocycles. The first-order chi connectivity index (χ1) is 12.3. The van der Waals surface area contributed by atoms with Gasteiger partial charge in [0.1, 0.15) is 5.69 Å². The molecule has 25 heavy (non-hydrogen) atoms. The lowest BCUT2D eigenvalue weighted by atomic mass is 10.0. The van der Waals surface area contributed by atoms with Crippen LogP contribution in [0.15, 0.2) is 48.9 Å². The lowest BCUT2D eigenvalue weighted by Gasteiger charge is -2.28. The van der Waals surface area contributed by atoms with E-state index in [1.54, 1.807) is 19.5 Å². The summed E-state index contributed by atoms with van der Waals surface area (Å²) in [6.07, 6.45) is 6.19. The second-order valence-electron chi connectivity index (χ2n) is 6.04. The Kier molecular flexibility index (Phi) is 6.09. The van der Waals surface area contributed by atoms with E-state index in [4.69, 9.17) is 9.47 Å². The highest BCUT2D eigenvalue weighted by atomic mass is 16.5. The fourth-order valence-electron chi connectivity index (χ4n) is 3.21. The van der Waals surface area contributed by atoms with Crippen LogP contribution >= 0.6 is 0 Å². The minimum atomic E-state index is -0.0909. The lowest BCUT2D eigenvalue weighted by molar-refractivity contribution is 0.000413. The van der Waals surface area contributed by atoms with Crippen LogP contribution in [0.25, 0.3) is 0 Å². The number of nitrogens with zero attached hydrogens (tertiary/aromatic N) is 3. The quantitative estimate of drug-likeness (QED) is 0.721. The number of ether oxygens (including phenoxy) is 2. The first-order valence-electron chi connectivity index (χ1n) is 8.51. The van der Waals surface area contributed by atoms with Gasteiger partial charge in [-0.25, -0.2) is 4.98 Å². The molecule has 1 aliphatic rings. The molecule has 132 valence electrons. The Bertz CT molecular complexity index is 666. The van der Waals surface area contributed by atoms with Crippen molar-refractivity contribution in [3.8, 4) is 0 Å². The van der Waals surface area contributed by atoms with Crippen molar-refractivity contribution in [1.29, 1.82) is 0 Å². The molecule has 2 atom stereocenters. The molecule has 0 bridgehead atoms. The monoisotopic (exact) mass is 341 g/mol. The first kappa shape index (κ1) is 17.5. The maximum absolute atomic E-state index is 12.9. The van der Waals surface area contributed by atoms with Gasteiger partial charge < -0.3 is 14.4 Å². The van der Waals surface area contributed by atoms with Gasteiger partial charge in [0.25, 0.3) is 5.91 Å². The van der Waals surface area contributed by atoms with Gasteiger partial charge in [0, 0.05) is 26.0 Å². The van der Waals surface area contributed by atoms with E-state index in [9.17, 15) is 4.79 Å². The van der Waals surface area contributed by atoms with Gasteiger partial charge in [-0.3, -0.25) is 9.78 Å². The minimum Gasteiger partial charge on any atom is -0.382 e. The highest BCUT2D eigenvalue weighted by Crippen LogP contribution is 2.26. The number of carbonyl (C=O) groups excluding carboxylic acids is 1. The SMILES string of the molecule is COCCO[C@@H]1CCN(C(=O)c2cnccn2)[C@@H]1Cc1ccccc1. The van der Waals surface area contributed by atoms with E-state index in [1.807, 2.05) is 23.1 Å². The van der Waals surface area contributed by atoms with E-state index < -0.39 is 0 Å². The first-order valence-corrected chi connectivity index (χ1v) is 8.51. The van der Waals surface area contributed by atoms with Crippen LogP contribution in [0.5, 0.6) is 0 Å². The summed E-state index contributed by atoms with van der Waals surface area (Å²) in [5.74, 6) is -0.0909. The zero-order chi connectivity index (χ0) is 17.5. The van der Waals surface area contributed by atoms with E-state index >= 15 is 0 Å². The van der Waals surface area contributed by atoms with Crippen LogP contribution in [-0.4, -0.2) is 59.8 Å². The average molecular weight is 341 g/mol. The molecule has 2 aromatic rings. The third kappa shape index (κ3) is 4.41. The predicted molar refractivity (Wildman–Crippen MR) is 93.2 cm³/mol. The zero-order valence-electron chi connectivity index (χ0n) is 14.4. The maximum Gasteiger partial charge on any atom is 0.274 e. The zero-order valence-corrected chi connectivity index (χ0v) is 14.4. The van der Waals surface area contributed by atoms with Gasteiger partial charge in [0.2, 0.25) is 0 Å². The van der Waals surface area contributed by atoms with Crippen molar-refractivity contribution in [2.75, 3.05) is 26.9 Å². The molecule has 3 rings (SSSR count). The Morgan fingerprint density at radius 2 is 2.08 bits per heavy atom. The third-order valence-electron chi connectivity index (χ3n) is 4.43. The largest absolute Gasteiger partial charge is 0.382 e. The molecule has 0 aliphatic carbocycles. The molecular formula is C19H23N3O3. The summed E-state index contributed by atoms with van der Waals surface area (Å²) in [5, 5.41) is 0. The third-order valence-corrected chi connectivity index (χ3v) is 4.43. The van der Waals surface area contributed by atoms with Crippen LogP contribution in [0.2, 0.25) is 0 Å². The molecule has 0 spiro atoms. The van der Waals surface area contributed by atoms with Crippen molar-refractivity contribution in [3.63, 3.8) is 0 Å². The topological polar surface area (TPSA) is 64.6 Å². The number of amides is 1. The van der Waals surface area contributed by atoms with Gasteiger partial charge in [0.15, 0.2) is 0 Å². The molecule has 0 saturated carbocycles. The number of carbonyl (C=O) groups is 1. The van der Waals surface area contributed by atoms with Crippen molar-refractivity contribution < 1.29 is 14.3 Å². The Morgan fingerprint density at radius 3 is 2.80 bits per heavy atom. The Hall–Kier alpha value is -2.31. The number of likely N-dealkylation sites (tertiary alicyclic amines) is 1. The summed E-state index contributed by atoms with van der Waals surface area (Å²) in [4.78, 5) is 22.9. The van der Waals surface area contributed by atoms with Crippen LogP contribution in [-0.2, 0) is 15.9 Å². The summed E-state index contributed by atoms with van der Waals surface area (Å²) in [6.45, 7) is 1.73. The van der Waals surface area contributed by atoms with Gasteiger partial charge in [-0.2, -0.15) is 0 Å². The standard InChI is InChI=1S/C19H23N3O3/c1-24-11-12-25-18-7-10-22(19(23)16-14-20-8-9-21-16)17(18)13-15-5-3-2-4-6-15/h2-6,8-9,14,17-18H,7,10-13H2,1H3/t17-,18-/m1/s1. The highest BCUT2D eigenvalue weighted by Gasteiger charge is 2.38. The molecule has 6 nitrogen and oxygen atoms in total. The normalized spacial score (nSPS) is 20.0.